The normalized spacial score (nSPS) is 11.1. The molecule has 0 unspecified atom stereocenters. The molecule has 0 atom stereocenters. The number of carbonyl (C=O) groups is 1. The highest BCUT2D eigenvalue weighted by Crippen LogP contribution is 2.27. The second kappa shape index (κ2) is 8.08. The summed E-state index contributed by atoms with van der Waals surface area (Å²) < 4.78 is 7.03. The molecular formula is C21H17ClN4O4. The first kappa shape index (κ1) is 19.8. The number of halogens is 1. The third-order valence-corrected chi connectivity index (χ3v) is 5.07. The van der Waals surface area contributed by atoms with Crippen LogP contribution in [0.2, 0.25) is 5.02 Å². The lowest BCUT2D eigenvalue weighted by Crippen LogP contribution is -2.29. The minimum Gasteiger partial charge on any atom is -0.460 e. The van der Waals surface area contributed by atoms with Crippen LogP contribution in [0.25, 0.3) is 22.6 Å². The predicted octanol–water partition coefficient (Wildman–Crippen LogP) is 2.66. The van der Waals surface area contributed by atoms with Crippen LogP contribution in [0.3, 0.4) is 0 Å². The molecule has 1 N–H and O–H groups in total. The van der Waals surface area contributed by atoms with Crippen molar-refractivity contribution in [3.8, 4) is 11.5 Å². The summed E-state index contributed by atoms with van der Waals surface area (Å²) in [6.45, 7) is 2.15. The van der Waals surface area contributed by atoms with E-state index in [-0.39, 0.29) is 24.7 Å². The number of nitrogens with one attached hydrogen (secondary N) is 1. The predicted molar refractivity (Wildman–Crippen MR) is 112 cm³/mol. The third-order valence-electron chi connectivity index (χ3n) is 4.72. The summed E-state index contributed by atoms with van der Waals surface area (Å²) in [4.78, 5) is 46.7. The van der Waals surface area contributed by atoms with Crippen molar-refractivity contribution in [2.45, 2.75) is 19.9 Å². The van der Waals surface area contributed by atoms with Crippen LogP contribution < -0.4 is 11.2 Å². The van der Waals surface area contributed by atoms with Gasteiger partial charge in [-0.25, -0.2) is 14.6 Å². The summed E-state index contributed by atoms with van der Waals surface area (Å²) in [5.41, 5.74) is 1.03. The van der Waals surface area contributed by atoms with Crippen molar-refractivity contribution in [2.24, 2.45) is 0 Å². The standard InChI is InChI=1S/C21H17ClN4O4/c1-2-12-10-16-15(11-14(12)22)23-17-18(24-21(29)25-19(17)27)26(16)8-9-30-20(28)13-6-4-3-5-7-13/h3-7,10-11H,2,8-9H2,1H3,(H,25,27,29). The van der Waals surface area contributed by atoms with Crippen LogP contribution >= 0.6 is 11.6 Å². The van der Waals surface area contributed by atoms with Gasteiger partial charge in [0, 0.05) is 5.02 Å². The Bertz CT molecular complexity index is 1330. The van der Waals surface area contributed by atoms with Crippen LogP contribution in [-0.2, 0) is 17.7 Å². The van der Waals surface area contributed by atoms with E-state index in [1.807, 2.05) is 19.1 Å². The Kier molecular flexibility index (Phi) is 5.33. The topological polar surface area (TPSA) is 107 Å². The van der Waals surface area contributed by atoms with E-state index < -0.39 is 17.2 Å². The molecule has 8 nitrogen and oxygen atoms in total. The molecule has 0 amide bonds. The lowest BCUT2D eigenvalue weighted by Gasteiger charge is -2.17. The first-order valence-electron chi connectivity index (χ1n) is 9.33. The number of aromatic nitrogens is 4. The van der Waals surface area contributed by atoms with Gasteiger partial charge in [0.15, 0.2) is 11.5 Å². The number of carbonyl (C=O) groups excluding carboxylic acids is 1. The first-order chi connectivity index (χ1) is 14.5. The number of hydrogen-bond acceptors (Lipinski definition) is 6. The average molecular weight is 425 g/mol. The molecule has 30 heavy (non-hydrogen) atoms. The Morgan fingerprint density at radius 2 is 1.93 bits per heavy atom. The zero-order valence-corrected chi connectivity index (χ0v) is 16.8. The third kappa shape index (κ3) is 3.69. The summed E-state index contributed by atoms with van der Waals surface area (Å²) in [5.74, 6) is -0.345. The number of ether oxygens (including phenoxy) is 1. The summed E-state index contributed by atoms with van der Waals surface area (Å²) in [5, 5.41) is 0.531. The maximum absolute atomic E-state index is 12.3. The number of benzene rings is 2. The van der Waals surface area contributed by atoms with E-state index >= 15 is 0 Å². The summed E-state index contributed by atoms with van der Waals surface area (Å²) in [6.07, 6.45) is 0.686. The van der Waals surface area contributed by atoms with Crippen molar-refractivity contribution >= 4 is 28.6 Å². The van der Waals surface area contributed by atoms with Crippen molar-refractivity contribution in [1.82, 2.24) is 19.5 Å². The van der Waals surface area contributed by atoms with Crippen molar-refractivity contribution in [3.05, 3.63) is 79.5 Å². The van der Waals surface area contributed by atoms with Crippen molar-refractivity contribution < 1.29 is 9.53 Å². The Hall–Kier alpha value is -3.52. The summed E-state index contributed by atoms with van der Waals surface area (Å²) in [6, 6.07) is 12.1. The number of H-pyrrole nitrogens is 1. The molecular weight excluding hydrogens is 408 g/mol. The van der Waals surface area contributed by atoms with E-state index in [1.165, 1.54) is 0 Å². The molecule has 2 aromatic rings. The molecule has 0 spiro atoms. The lowest BCUT2D eigenvalue weighted by molar-refractivity contribution is 0.0492. The fraction of sp³-hybridized carbons (Fsp3) is 0.190. The monoisotopic (exact) mass is 424 g/mol. The van der Waals surface area contributed by atoms with Gasteiger partial charge >= 0.3 is 11.7 Å². The Labute approximate surface area is 175 Å². The highest BCUT2D eigenvalue weighted by molar-refractivity contribution is 6.32. The van der Waals surface area contributed by atoms with Gasteiger partial charge in [-0.05, 0) is 36.2 Å². The van der Waals surface area contributed by atoms with Crippen molar-refractivity contribution in [3.63, 3.8) is 0 Å². The van der Waals surface area contributed by atoms with Gasteiger partial charge in [-0.15, -0.1) is 0 Å². The molecule has 4 rings (SSSR count). The molecule has 0 aromatic heterocycles. The van der Waals surface area contributed by atoms with Crippen LogP contribution in [0.4, 0.5) is 0 Å². The molecule has 0 aliphatic carbocycles. The maximum Gasteiger partial charge on any atom is 0.349 e. The second-order valence-corrected chi connectivity index (χ2v) is 7.00. The molecule has 0 bridgehead atoms. The Morgan fingerprint density at radius 1 is 1.17 bits per heavy atom. The lowest BCUT2D eigenvalue weighted by atomic mass is 10.1. The molecule has 2 aromatic carbocycles. The minimum atomic E-state index is -0.770. The molecule has 152 valence electrons. The average Bonchev–Trinajstić information content (AvgIpc) is 2.74. The maximum atomic E-state index is 12.3. The molecule has 2 heterocycles. The van der Waals surface area contributed by atoms with Crippen LogP contribution in [0, 0.1) is 0 Å². The highest BCUT2D eigenvalue weighted by atomic mass is 35.5. The highest BCUT2D eigenvalue weighted by Gasteiger charge is 2.20. The molecule has 0 fully saturated rings. The number of rotatable bonds is 5. The second-order valence-electron chi connectivity index (χ2n) is 6.59. The molecule has 0 saturated carbocycles. The smallest absolute Gasteiger partial charge is 0.349 e. The quantitative estimate of drug-likeness (QED) is 0.390. The summed E-state index contributed by atoms with van der Waals surface area (Å²) in [7, 11) is 0. The van der Waals surface area contributed by atoms with E-state index in [1.54, 1.807) is 34.9 Å². The number of hydrogen-bond donors (Lipinski definition) is 1. The molecule has 2 aliphatic rings. The fourth-order valence-electron chi connectivity index (χ4n) is 3.24. The molecule has 2 aliphatic heterocycles. The van der Waals surface area contributed by atoms with Gasteiger partial charge < -0.3 is 9.30 Å². The van der Waals surface area contributed by atoms with Gasteiger partial charge in [-0.3, -0.25) is 9.78 Å². The van der Waals surface area contributed by atoms with Gasteiger partial charge in [-0.1, -0.05) is 36.7 Å². The zero-order chi connectivity index (χ0) is 21.3. The number of fused-ring (bicyclic) bond motifs is 2. The van der Waals surface area contributed by atoms with Gasteiger partial charge in [0.2, 0.25) is 0 Å². The first-order valence-corrected chi connectivity index (χ1v) is 9.71. The van der Waals surface area contributed by atoms with Gasteiger partial charge in [0.05, 0.1) is 23.1 Å². The van der Waals surface area contributed by atoms with Crippen LogP contribution in [-0.4, -0.2) is 32.1 Å². The number of aromatic amines is 1. The van der Waals surface area contributed by atoms with Gasteiger partial charge in [0.1, 0.15) is 6.61 Å². The Balaban J connectivity index is 1.78. The molecule has 9 heteroatoms. The molecule has 0 saturated heterocycles. The Morgan fingerprint density at radius 3 is 2.67 bits per heavy atom. The van der Waals surface area contributed by atoms with E-state index in [2.05, 4.69) is 15.0 Å². The number of aryl methyl sites for hydroxylation is 1. The minimum absolute atomic E-state index is 0.0109. The van der Waals surface area contributed by atoms with Crippen molar-refractivity contribution in [2.75, 3.05) is 6.61 Å². The van der Waals surface area contributed by atoms with Gasteiger partial charge in [-0.2, -0.15) is 4.98 Å². The van der Waals surface area contributed by atoms with Crippen LogP contribution in [0.5, 0.6) is 0 Å². The molecule has 0 radical (unpaired) electrons. The van der Waals surface area contributed by atoms with Crippen LogP contribution in [0.1, 0.15) is 22.8 Å². The SMILES string of the molecule is CCc1cc2c(cc1Cl)nc1c(=O)[nH]c(=O)nc-1n2CCOC(=O)c1ccccc1. The van der Waals surface area contributed by atoms with Crippen molar-refractivity contribution in [1.29, 1.82) is 0 Å². The van der Waals surface area contributed by atoms with Gasteiger partial charge in [0.25, 0.3) is 5.56 Å². The van der Waals surface area contributed by atoms with Crippen LogP contribution in [0.15, 0.2) is 52.1 Å². The number of nitrogens with zero attached hydrogens (tertiary/aromatic N) is 3. The van der Waals surface area contributed by atoms with E-state index in [0.29, 0.717) is 28.0 Å². The van der Waals surface area contributed by atoms with E-state index in [4.69, 9.17) is 16.3 Å². The van der Waals surface area contributed by atoms with E-state index in [0.717, 1.165) is 5.56 Å². The summed E-state index contributed by atoms with van der Waals surface area (Å²) >= 11 is 6.32. The zero-order valence-electron chi connectivity index (χ0n) is 16.0. The van der Waals surface area contributed by atoms with E-state index in [9.17, 15) is 14.4 Å². The fourth-order valence-corrected chi connectivity index (χ4v) is 3.53. The largest absolute Gasteiger partial charge is 0.460 e. The number of esters is 1.